The second-order valence-electron chi connectivity index (χ2n) is 5.77. The van der Waals surface area contributed by atoms with Crippen molar-refractivity contribution in [2.45, 2.75) is 44.2 Å². The minimum atomic E-state index is 0.490. The summed E-state index contributed by atoms with van der Waals surface area (Å²) in [5, 5.41) is 5.10. The maximum absolute atomic E-state index is 4.84. The van der Waals surface area contributed by atoms with Gasteiger partial charge in [-0.15, -0.1) is 11.3 Å². The Morgan fingerprint density at radius 3 is 3.05 bits per heavy atom. The molecule has 100 valence electrons. The highest BCUT2D eigenvalue weighted by molar-refractivity contribution is 9.10. The van der Waals surface area contributed by atoms with Crippen LogP contribution < -0.4 is 5.32 Å². The lowest BCUT2D eigenvalue weighted by Crippen LogP contribution is -2.30. The first-order chi connectivity index (χ1) is 9.29. The van der Waals surface area contributed by atoms with Crippen molar-refractivity contribution < 1.29 is 0 Å². The molecule has 1 saturated heterocycles. The van der Waals surface area contributed by atoms with Gasteiger partial charge in [-0.3, -0.25) is 0 Å². The Hall–Kier alpha value is -0.450. The molecule has 2 nitrogen and oxygen atoms in total. The zero-order valence-electron chi connectivity index (χ0n) is 10.7. The Bertz CT molecular complexity index is 595. The normalized spacial score (nSPS) is 30.7. The zero-order valence-corrected chi connectivity index (χ0v) is 13.1. The van der Waals surface area contributed by atoms with Crippen LogP contribution in [0.25, 0.3) is 10.2 Å². The molecular weight excluding hydrogens is 320 g/mol. The number of hydrogen-bond donors (Lipinski definition) is 1. The van der Waals surface area contributed by atoms with Crippen molar-refractivity contribution in [2.75, 3.05) is 0 Å². The molecule has 1 N–H and O–H groups in total. The number of nitrogens with one attached hydrogen (secondary N) is 1. The molecule has 0 bridgehead atoms. The Morgan fingerprint density at radius 1 is 1.26 bits per heavy atom. The van der Waals surface area contributed by atoms with Gasteiger partial charge in [-0.05, 0) is 43.4 Å². The standard InChI is InChI=1S/C15H17BrN2S/c16-10-5-6-14-12(8-10)18-15(19-14)13-7-9-3-1-2-4-11(9)17-13/h5-6,8-9,11,13,17H,1-4,7H2. The van der Waals surface area contributed by atoms with Crippen LogP contribution in [0.2, 0.25) is 0 Å². The molecule has 1 saturated carbocycles. The van der Waals surface area contributed by atoms with Crippen LogP contribution in [0.15, 0.2) is 22.7 Å². The average molecular weight is 337 g/mol. The van der Waals surface area contributed by atoms with Crippen LogP contribution in [0.5, 0.6) is 0 Å². The van der Waals surface area contributed by atoms with Gasteiger partial charge < -0.3 is 5.32 Å². The molecule has 2 aliphatic rings. The summed E-state index contributed by atoms with van der Waals surface area (Å²) in [4.78, 5) is 4.84. The number of aromatic nitrogens is 1. The second-order valence-corrected chi connectivity index (χ2v) is 7.75. The van der Waals surface area contributed by atoms with Gasteiger partial charge in [-0.2, -0.15) is 0 Å². The van der Waals surface area contributed by atoms with Gasteiger partial charge in [0, 0.05) is 10.5 Å². The molecule has 1 aromatic carbocycles. The lowest BCUT2D eigenvalue weighted by molar-refractivity contribution is 0.325. The van der Waals surface area contributed by atoms with Crippen LogP contribution in [0.4, 0.5) is 0 Å². The Kier molecular flexibility index (Phi) is 3.13. The number of thiazole rings is 1. The molecule has 1 aliphatic heterocycles. The fraction of sp³-hybridized carbons (Fsp3) is 0.533. The maximum Gasteiger partial charge on any atom is 0.111 e. The van der Waals surface area contributed by atoms with Gasteiger partial charge >= 0.3 is 0 Å². The number of benzene rings is 1. The SMILES string of the molecule is Brc1ccc2sc(C3CC4CCCCC4N3)nc2c1. The van der Waals surface area contributed by atoms with Gasteiger partial charge in [0.2, 0.25) is 0 Å². The van der Waals surface area contributed by atoms with E-state index in [0.717, 1.165) is 21.9 Å². The van der Waals surface area contributed by atoms with Crippen molar-refractivity contribution in [3.8, 4) is 0 Å². The molecule has 2 fully saturated rings. The van der Waals surface area contributed by atoms with Crippen LogP contribution in [0, 0.1) is 5.92 Å². The van der Waals surface area contributed by atoms with Gasteiger partial charge in [0.15, 0.2) is 0 Å². The largest absolute Gasteiger partial charge is 0.305 e. The van der Waals surface area contributed by atoms with Crippen molar-refractivity contribution in [2.24, 2.45) is 5.92 Å². The van der Waals surface area contributed by atoms with Gasteiger partial charge in [-0.25, -0.2) is 4.98 Å². The highest BCUT2D eigenvalue weighted by Crippen LogP contribution is 2.41. The molecule has 3 unspecified atom stereocenters. The van der Waals surface area contributed by atoms with Crippen LogP contribution in [0.3, 0.4) is 0 Å². The van der Waals surface area contributed by atoms with Crippen molar-refractivity contribution in [1.82, 2.24) is 10.3 Å². The Balaban J connectivity index is 1.64. The monoisotopic (exact) mass is 336 g/mol. The summed E-state index contributed by atoms with van der Waals surface area (Å²) in [6, 6.07) is 7.63. The maximum atomic E-state index is 4.84. The van der Waals surface area contributed by atoms with E-state index in [-0.39, 0.29) is 0 Å². The van der Waals surface area contributed by atoms with Crippen LogP contribution >= 0.6 is 27.3 Å². The average Bonchev–Trinajstić information content (AvgIpc) is 3.00. The Labute approximate surface area is 125 Å². The first-order valence-corrected chi connectivity index (χ1v) is 8.72. The van der Waals surface area contributed by atoms with E-state index in [4.69, 9.17) is 4.98 Å². The number of fused-ring (bicyclic) bond motifs is 2. The lowest BCUT2D eigenvalue weighted by Gasteiger charge is -2.24. The van der Waals surface area contributed by atoms with Crippen molar-refractivity contribution in [1.29, 1.82) is 0 Å². The predicted molar refractivity (Wildman–Crippen MR) is 83.6 cm³/mol. The quantitative estimate of drug-likeness (QED) is 0.819. The van der Waals surface area contributed by atoms with Crippen molar-refractivity contribution in [3.63, 3.8) is 0 Å². The van der Waals surface area contributed by atoms with Crippen molar-refractivity contribution >= 4 is 37.5 Å². The molecule has 2 heterocycles. The summed E-state index contributed by atoms with van der Waals surface area (Å²) in [6.45, 7) is 0. The van der Waals surface area contributed by atoms with E-state index in [1.54, 1.807) is 0 Å². The molecule has 0 radical (unpaired) electrons. The fourth-order valence-corrected chi connectivity index (χ4v) is 4.95. The number of halogens is 1. The van der Waals surface area contributed by atoms with Crippen LogP contribution in [0.1, 0.15) is 43.2 Å². The van der Waals surface area contributed by atoms with Crippen molar-refractivity contribution in [3.05, 3.63) is 27.7 Å². The lowest BCUT2D eigenvalue weighted by atomic mass is 9.85. The highest BCUT2D eigenvalue weighted by atomic mass is 79.9. The highest BCUT2D eigenvalue weighted by Gasteiger charge is 2.36. The third-order valence-corrected chi connectivity index (χ3v) is 6.17. The summed E-state index contributed by atoms with van der Waals surface area (Å²) >= 11 is 5.38. The molecule has 1 aromatic heterocycles. The van der Waals surface area contributed by atoms with Crippen LogP contribution in [-0.4, -0.2) is 11.0 Å². The topological polar surface area (TPSA) is 24.9 Å². The van der Waals surface area contributed by atoms with E-state index in [2.05, 4.69) is 39.4 Å². The van der Waals surface area contributed by atoms with Gasteiger partial charge in [0.05, 0.1) is 16.3 Å². The third kappa shape index (κ3) is 2.24. The molecule has 2 aromatic rings. The summed E-state index contributed by atoms with van der Waals surface area (Å²) in [5.74, 6) is 0.887. The number of hydrogen-bond acceptors (Lipinski definition) is 3. The summed E-state index contributed by atoms with van der Waals surface area (Å²) < 4.78 is 2.42. The molecule has 0 spiro atoms. The third-order valence-electron chi connectivity index (χ3n) is 4.53. The van der Waals surface area contributed by atoms with Crippen LogP contribution in [-0.2, 0) is 0 Å². The van der Waals surface area contributed by atoms with Gasteiger partial charge in [0.25, 0.3) is 0 Å². The van der Waals surface area contributed by atoms with E-state index in [1.807, 2.05) is 11.3 Å². The van der Waals surface area contributed by atoms with E-state index < -0.39 is 0 Å². The molecule has 0 amide bonds. The molecule has 1 aliphatic carbocycles. The van der Waals surface area contributed by atoms with E-state index in [1.165, 1.54) is 41.8 Å². The number of rotatable bonds is 1. The minimum absolute atomic E-state index is 0.490. The molecule has 4 heteroatoms. The summed E-state index contributed by atoms with van der Waals surface area (Å²) in [6.07, 6.45) is 6.86. The molecule has 4 rings (SSSR count). The molecule has 19 heavy (non-hydrogen) atoms. The fourth-order valence-electron chi connectivity index (χ4n) is 3.58. The van der Waals surface area contributed by atoms with Gasteiger partial charge in [-0.1, -0.05) is 28.8 Å². The summed E-state index contributed by atoms with van der Waals surface area (Å²) in [7, 11) is 0. The minimum Gasteiger partial charge on any atom is -0.305 e. The zero-order chi connectivity index (χ0) is 12.8. The molecular formula is C15H17BrN2S. The molecule has 3 atom stereocenters. The van der Waals surface area contributed by atoms with E-state index >= 15 is 0 Å². The van der Waals surface area contributed by atoms with Gasteiger partial charge in [0.1, 0.15) is 5.01 Å². The smallest absolute Gasteiger partial charge is 0.111 e. The second kappa shape index (κ2) is 4.83. The first-order valence-electron chi connectivity index (χ1n) is 7.11. The first kappa shape index (κ1) is 12.3. The Morgan fingerprint density at radius 2 is 2.16 bits per heavy atom. The van der Waals surface area contributed by atoms with E-state index in [0.29, 0.717) is 6.04 Å². The summed E-state index contributed by atoms with van der Waals surface area (Å²) in [5.41, 5.74) is 1.13. The number of nitrogens with zero attached hydrogens (tertiary/aromatic N) is 1. The van der Waals surface area contributed by atoms with E-state index in [9.17, 15) is 0 Å². The predicted octanol–water partition coefficient (Wildman–Crippen LogP) is 4.65.